The molecule has 1 aliphatic carbocycles. The van der Waals surface area contributed by atoms with Crippen LogP contribution in [0.25, 0.3) is 0 Å². The van der Waals surface area contributed by atoms with Crippen molar-refractivity contribution >= 4 is 5.97 Å². The van der Waals surface area contributed by atoms with E-state index in [1.807, 2.05) is 13.8 Å². The van der Waals surface area contributed by atoms with Crippen LogP contribution in [0.2, 0.25) is 0 Å². The van der Waals surface area contributed by atoms with Crippen molar-refractivity contribution in [2.24, 2.45) is 17.6 Å². The van der Waals surface area contributed by atoms with Gasteiger partial charge in [0.15, 0.2) is 0 Å². The average Bonchev–Trinajstić information content (AvgIpc) is 2.26. The topological polar surface area (TPSA) is 52.3 Å². The molecule has 0 saturated heterocycles. The van der Waals surface area contributed by atoms with Gasteiger partial charge in [0.1, 0.15) is 6.04 Å². The second kappa shape index (κ2) is 6.11. The molecule has 0 aromatic rings. The number of carbonyl (C=O) groups is 1. The van der Waals surface area contributed by atoms with Gasteiger partial charge >= 0.3 is 5.97 Å². The smallest absolute Gasteiger partial charge is 0.323 e. The summed E-state index contributed by atoms with van der Waals surface area (Å²) in [5.41, 5.74) is 5.90. The Morgan fingerprint density at radius 1 is 1.33 bits per heavy atom. The zero-order valence-electron chi connectivity index (χ0n) is 9.87. The summed E-state index contributed by atoms with van der Waals surface area (Å²) in [5.74, 6) is 0.515. The number of ether oxygens (including phenoxy) is 1. The summed E-state index contributed by atoms with van der Waals surface area (Å²) < 4.78 is 5.15. The minimum atomic E-state index is -0.399. The van der Waals surface area contributed by atoms with Crippen LogP contribution < -0.4 is 5.73 Å². The van der Waals surface area contributed by atoms with Gasteiger partial charge in [0.2, 0.25) is 0 Å². The van der Waals surface area contributed by atoms with E-state index in [1.165, 1.54) is 19.3 Å². The van der Waals surface area contributed by atoms with Crippen molar-refractivity contribution in [2.45, 2.75) is 52.0 Å². The molecule has 0 radical (unpaired) electrons. The van der Waals surface area contributed by atoms with Gasteiger partial charge < -0.3 is 10.5 Å². The highest BCUT2D eigenvalue weighted by Gasteiger charge is 2.27. The van der Waals surface area contributed by atoms with Crippen LogP contribution in [-0.4, -0.2) is 18.6 Å². The maximum atomic E-state index is 11.6. The Hall–Kier alpha value is -0.570. The van der Waals surface area contributed by atoms with Crippen LogP contribution in [0.4, 0.5) is 0 Å². The van der Waals surface area contributed by atoms with Gasteiger partial charge in [-0.05, 0) is 24.7 Å². The monoisotopic (exact) mass is 213 g/mol. The Balaban J connectivity index is 2.30. The fourth-order valence-electron chi connectivity index (χ4n) is 2.03. The molecule has 1 fully saturated rings. The maximum absolute atomic E-state index is 11.6. The zero-order valence-corrected chi connectivity index (χ0v) is 9.87. The molecular weight excluding hydrogens is 190 g/mol. The van der Waals surface area contributed by atoms with Gasteiger partial charge in [0, 0.05) is 0 Å². The predicted octanol–water partition coefficient (Wildman–Crippen LogP) is 2.09. The molecule has 1 saturated carbocycles. The molecule has 15 heavy (non-hydrogen) atoms. The highest BCUT2D eigenvalue weighted by molar-refractivity contribution is 5.75. The zero-order chi connectivity index (χ0) is 11.3. The van der Waals surface area contributed by atoms with E-state index in [4.69, 9.17) is 10.5 Å². The summed E-state index contributed by atoms with van der Waals surface area (Å²) >= 11 is 0. The van der Waals surface area contributed by atoms with Crippen molar-refractivity contribution in [3.8, 4) is 0 Å². The molecule has 0 heterocycles. The molecule has 0 spiro atoms. The van der Waals surface area contributed by atoms with Gasteiger partial charge in [0.05, 0.1) is 6.61 Å². The van der Waals surface area contributed by atoms with E-state index in [9.17, 15) is 4.79 Å². The average molecular weight is 213 g/mol. The largest absolute Gasteiger partial charge is 0.464 e. The lowest BCUT2D eigenvalue weighted by atomic mass is 9.84. The number of esters is 1. The number of hydrogen-bond acceptors (Lipinski definition) is 3. The van der Waals surface area contributed by atoms with Gasteiger partial charge in [-0.3, -0.25) is 4.79 Å². The van der Waals surface area contributed by atoms with Gasteiger partial charge in [-0.15, -0.1) is 0 Å². The van der Waals surface area contributed by atoms with Crippen molar-refractivity contribution in [1.29, 1.82) is 0 Å². The number of carbonyl (C=O) groups excluding carboxylic acids is 1. The summed E-state index contributed by atoms with van der Waals surface area (Å²) in [6.07, 6.45) is 5.85. The van der Waals surface area contributed by atoms with E-state index in [0.717, 1.165) is 12.8 Å². The van der Waals surface area contributed by atoms with Crippen molar-refractivity contribution in [3.63, 3.8) is 0 Å². The molecule has 88 valence electrons. The van der Waals surface area contributed by atoms with Crippen molar-refractivity contribution in [2.75, 3.05) is 6.61 Å². The molecule has 0 aromatic carbocycles. The fourth-order valence-corrected chi connectivity index (χ4v) is 2.03. The van der Waals surface area contributed by atoms with E-state index in [1.54, 1.807) is 0 Å². The quantitative estimate of drug-likeness (QED) is 0.727. The SMILES string of the molecule is CC(C)COC(=O)C(N)C1CCCCC1. The Bertz CT molecular complexity index is 198. The molecule has 0 aliphatic heterocycles. The molecular formula is C12H23NO2. The molecule has 3 nitrogen and oxygen atoms in total. The second-order valence-corrected chi connectivity index (χ2v) is 4.95. The Kier molecular flexibility index (Phi) is 5.09. The first kappa shape index (κ1) is 12.5. The van der Waals surface area contributed by atoms with E-state index in [0.29, 0.717) is 18.4 Å². The maximum Gasteiger partial charge on any atom is 0.323 e. The first-order chi connectivity index (χ1) is 7.11. The van der Waals surface area contributed by atoms with Gasteiger partial charge in [-0.25, -0.2) is 0 Å². The molecule has 2 N–H and O–H groups in total. The Morgan fingerprint density at radius 3 is 2.47 bits per heavy atom. The van der Waals surface area contributed by atoms with E-state index in [-0.39, 0.29) is 5.97 Å². The first-order valence-corrected chi connectivity index (χ1v) is 6.03. The third-order valence-corrected chi connectivity index (χ3v) is 2.99. The summed E-state index contributed by atoms with van der Waals surface area (Å²) in [7, 11) is 0. The summed E-state index contributed by atoms with van der Waals surface area (Å²) in [4.78, 5) is 11.6. The normalized spacial score (nSPS) is 20.3. The molecule has 0 bridgehead atoms. The first-order valence-electron chi connectivity index (χ1n) is 6.03. The van der Waals surface area contributed by atoms with Crippen LogP contribution in [-0.2, 0) is 9.53 Å². The van der Waals surface area contributed by atoms with Crippen molar-refractivity contribution < 1.29 is 9.53 Å². The molecule has 0 amide bonds. The Labute approximate surface area is 92.4 Å². The second-order valence-electron chi connectivity index (χ2n) is 4.95. The van der Waals surface area contributed by atoms with Crippen LogP contribution in [0.1, 0.15) is 46.0 Å². The molecule has 1 unspecified atom stereocenters. The van der Waals surface area contributed by atoms with E-state index < -0.39 is 6.04 Å². The van der Waals surface area contributed by atoms with Gasteiger partial charge in [-0.2, -0.15) is 0 Å². The van der Waals surface area contributed by atoms with E-state index >= 15 is 0 Å². The standard InChI is InChI=1S/C12H23NO2/c1-9(2)8-15-12(14)11(13)10-6-4-3-5-7-10/h9-11H,3-8,13H2,1-2H3. The van der Waals surface area contributed by atoms with Crippen LogP contribution in [0.15, 0.2) is 0 Å². The van der Waals surface area contributed by atoms with E-state index in [2.05, 4.69) is 0 Å². The predicted molar refractivity (Wildman–Crippen MR) is 60.3 cm³/mol. The molecule has 3 heteroatoms. The minimum Gasteiger partial charge on any atom is -0.464 e. The highest BCUT2D eigenvalue weighted by Crippen LogP contribution is 2.26. The number of hydrogen-bond donors (Lipinski definition) is 1. The third kappa shape index (κ3) is 4.20. The summed E-state index contributed by atoms with van der Waals surface area (Å²) in [5, 5.41) is 0. The van der Waals surface area contributed by atoms with Crippen molar-refractivity contribution in [1.82, 2.24) is 0 Å². The van der Waals surface area contributed by atoms with Crippen LogP contribution >= 0.6 is 0 Å². The van der Waals surface area contributed by atoms with Crippen LogP contribution in [0.5, 0.6) is 0 Å². The summed E-state index contributed by atoms with van der Waals surface area (Å²) in [6, 6.07) is -0.399. The Morgan fingerprint density at radius 2 is 1.93 bits per heavy atom. The number of rotatable bonds is 4. The highest BCUT2D eigenvalue weighted by atomic mass is 16.5. The number of nitrogens with two attached hydrogens (primary N) is 1. The lowest BCUT2D eigenvalue weighted by Crippen LogP contribution is -2.40. The third-order valence-electron chi connectivity index (χ3n) is 2.99. The van der Waals surface area contributed by atoms with Crippen LogP contribution in [0.3, 0.4) is 0 Å². The lowest BCUT2D eigenvalue weighted by Gasteiger charge is -2.26. The molecule has 1 atom stereocenters. The van der Waals surface area contributed by atoms with Crippen LogP contribution in [0, 0.1) is 11.8 Å². The van der Waals surface area contributed by atoms with Gasteiger partial charge in [-0.1, -0.05) is 33.1 Å². The van der Waals surface area contributed by atoms with Crippen molar-refractivity contribution in [3.05, 3.63) is 0 Å². The lowest BCUT2D eigenvalue weighted by molar-refractivity contribution is -0.148. The molecule has 1 rings (SSSR count). The molecule has 0 aromatic heterocycles. The van der Waals surface area contributed by atoms with Gasteiger partial charge in [0.25, 0.3) is 0 Å². The molecule has 1 aliphatic rings. The minimum absolute atomic E-state index is 0.212. The summed E-state index contributed by atoms with van der Waals surface area (Å²) in [6.45, 7) is 4.54. The fraction of sp³-hybridized carbons (Fsp3) is 0.917.